The maximum absolute atomic E-state index is 12.7. The van der Waals surface area contributed by atoms with Gasteiger partial charge in [0.05, 0.1) is 0 Å². The maximum Gasteiger partial charge on any atom is 0.326 e. The molecular weight excluding hydrogens is 370 g/mol. The molecule has 1 aliphatic rings. The first kappa shape index (κ1) is 20.4. The molecule has 0 radical (unpaired) electrons. The number of urea groups is 1. The molecule has 29 heavy (non-hydrogen) atoms. The summed E-state index contributed by atoms with van der Waals surface area (Å²) in [5.41, 5.74) is 2.93. The highest BCUT2D eigenvalue weighted by molar-refractivity contribution is 5.85. The number of benzene rings is 2. The van der Waals surface area contributed by atoms with Crippen LogP contribution in [0.1, 0.15) is 23.1 Å². The summed E-state index contributed by atoms with van der Waals surface area (Å²) < 4.78 is 0. The lowest BCUT2D eigenvalue weighted by Gasteiger charge is -2.34. The van der Waals surface area contributed by atoms with Gasteiger partial charge in [-0.1, -0.05) is 54.6 Å². The van der Waals surface area contributed by atoms with E-state index in [4.69, 9.17) is 0 Å². The third-order valence-corrected chi connectivity index (χ3v) is 5.08. The Labute approximate surface area is 169 Å². The van der Waals surface area contributed by atoms with Crippen LogP contribution in [-0.2, 0) is 29.1 Å². The van der Waals surface area contributed by atoms with Crippen molar-refractivity contribution in [1.29, 1.82) is 0 Å². The third-order valence-electron chi connectivity index (χ3n) is 5.08. The van der Waals surface area contributed by atoms with Crippen LogP contribution in [0, 0.1) is 0 Å². The minimum Gasteiger partial charge on any atom is -0.480 e. The summed E-state index contributed by atoms with van der Waals surface area (Å²) in [6, 6.07) is 16.0. The first-order valence-corrected chi connectivity index (χ1v) is 9.57. The number of hydrogen-bond donors (Lipinski definition) is 2. The minimum atomic E-state index is -1.01. The number of aliphatic carboxylic acids is 1. The molecule has 7 nitrogen and oxygen atoms in total. The molecule has 1 unspecified atom stereocenters. The van der Waals surface area contributed by atoms with Crippen molar-refractivity contribution < 1.29 is 19.5 Å². The number of hydrogen-bond acceptors (Lipinski definition) is 3. The molecule has 0 fully saturated rings. The predicted octanol–water partition coefficient (Wildman–Crippen LogP) is 2.26. The number of nitrogens with zero attached hydrogens (tertiary/aromatic N) is 2. The highest BCUT2D eigenvalue weighted by Gasteiger charge is 2.34. The summed E-state index contributed by atoms with van der Waals surface area (Å²) in [5.74, 6) is -1.29. The molecular formula is C22H25N3O4. The molecule has 2 aromatic carbocycles. The number of carboxylic acid groups (broad SMARTS) is 1. The van der Waals surface area contributed by atoms with E-state index in [2.05, 4.69) is 5.32 Å². The number of amides is 3. The van der Waals surface area contributed by atoms with Crippen LogP contribution < -0.4 is 5.32 Å². The first-order chi connectivity index (χ1) is 14.0. The normalized spacial score (nSPS) is 15.3. The van der Waals surface area contributed by atoms with Gasteiger partial charge in [-0.25, -0.2) is 9.59 Å². The zero-order valence-electron chi connectivity index (χ0n) is 16.4. The zero-order chi connectivity index (χ0) is 20.8. The van der Waals surface area contributed by atoms with Crippen molar-refractivity contribution in [3.8, 4) is 0 Å². The van der Waals surface area contributed by atoms with E-state index >= 15 is 0 Å². The fourth-order valence-corrected chi connectivity index (χ4v) is 3.49. The van der Waals surface area contributed by atoms with Crippen molar-refractivity contribution in [3.05, 3.63) is 71.3 Å². The molecule has 3 rings (SSSR count). The van der Waals surface area contributed by atoms with Gasteiger partial charge < -0.3 is 20.2 Å². The Morgan fingerprint density at radius 1 is 1.07 bits per heavy atom. The Morgan fingerprint density at radius 3 is 2.41 bits per heavy atom. The molecule has 0 saturated heterocycles. The van der Waals surface area contributed by atoms with Crippen LogP contribution >= 0.6 is 0 Å². The van der Waals surface area contributed by atoms with Crippen molar-refractivity contribution in [2.45, 2.75) is 32.0 Å². The van der Waals surface area contributed by atoms with Gasteiger partial charge in [0.25, 0.3) is 0 Å². The second kappa shape index (κ2) is 9.23. The van der Waals surface area contributed by atoms with E-state index in [-0.39, 0.29) is 31.4 Å². The van der Waals surface area contributed by atoms with Crippen molar-refractivity contribution in [3.63, 3.8) is 0 Å². The van der Waals surface area contributed by atoms with Crippen LogP contribution in [0.25, 0.3) is 0 Å². The van der Waals surface area contributed by atoms with Crippen molar-refractivity contribution in [2.24, 2.45) is 0 Å². The molecule has 2 N–H and O–H groups in total. The topological polar surface area (TPSA) is 90.0 Å². The molecule has 0 aliphatic carbocycles. The van der Waals surface area contributed by atoms with Gasteiger partial charge in [-0.05, 0) is 16.7 Å². The second-order valence-electron chi connectivity index (χ2n) is 7.17. The number of carboxylic acids is 1. The number of nitrogens with one attached hydrogen (secondary N) is 1. The standard InChI is InChI=1S/C22H25N3O4/c1-24(14-16-7-3-2-4-8-16)22(29)23-12-11-20(26)25-15-18-10-6-5-9-17(18)13-19(25)21(27)28/h2-10,19H,11-15H2,1H3,(H,23,29)(H,27,28). The van der Waals surface area contributed by atoms with Crippen molar-refractivity contribution >= 4 is 17.9 Å². The third kappa shape index (κ3) is 5.13. The SMILES string of the molecule is CN(Cc1ccccc1)C(=O)NCCC(=O)N1Cc2ccccc2CC1C(=O)O. The molecule has 3 amide bonds. The lowest BCUT2D eigenvalue weighted by Crippen LogP contribution is -2.49. The second-order valence-corrected chi connectivity index (χ2v) is 7.17. The smallest absolute Gasteiger partial charge is 0.326 e. The van der Waals surface area contributed by atoms with Crippen molar-refractivity contribution in [2.75, 3.05) is 13.6 Å². The van der Waals surface area contributed by atoms with Gasteiger partial charge in [-0.15, -0.1) is 0 Å². The van der Waals surface area contributed by atoms with Crippen LogP contribution in [0.15, 0.2) is 54.6 Å². The highest BCUT2D eigenvalue weighted by Crippen LogP contribution is 2.24. The van der Waals surface area contributed by atoms with Crippen LogP contribution in [0.5, 0.6) is 0 Å². The summed E-state index contributed by atoms with van der Waals surface area (Å²) in [5, 5.41) is 12.3. The Bertz CT molecular complexity index is 885. The van der Waals surface area contributed by atoms with Gasteiger partial charge in [-0.3, -0.25) is 4.79 Å². The van der Waals surface area contributed by atoms with Crippen LogP contribution in [0.2, 0.25) is 0 Å². The fourth-order valence-electron chi connectivity index (χ4n) is 3.49. The molecule has 7 heteroatoms. The molecule has 152 valence electrons. The number of carbonyl (C=O) groups is 3. The molecule has 1 atom stereocenters. The Hall–Kier alpha value is -3.35. The van der Waals surface area contributed by atoms with Gasteiger partial charge >= 0.3 is 12.0 Å². The molecule has 0 aromatic heterocycles. The lowest BCUT2D eigenvalue weighted by atomic mass is 9.93. The van der Waals surface area contributed by atoms with Gasteiger partial charge in [0.1, 0.15) is 6.04 Å². The van der Waals surface area contributed by atoms with E-state index in [1.54, 1.807) is 7.05 Å². The summed E-state index contributed by atoms with van der Waals surface area (Å²) in [7, 11) is 1.69. The zero-order valence-corrected chi connectivity index (χ0v) is 16.4. The average molecular weight is 395 g/mol. The van der Waals surface area contributed by atoms with Crippen LogP contribution in [-0.4, -0.2) is 52.4 Å². The monoisotopic (exact) mass is 395 g/mol. The molecule has 2 aromatic rings. The van der Waals surface area contributed by atoms with Crippen LogP contribution in [0.3, 0.4) is 0 Å². The van der Waals surface area contributed by atoms with Crippen LogP contribution in [0.4, 0.5) is 4.79 Å². The van der Waals surface area contributed by atoms with E-state index in [1.165, 1.54) is 9.80 Å². The molecule has 0 spiro atoms. The van der Waals surface area contributed by atoms with Gasteiger partial charge in [0, 0.05) is 39.5 Å². The van der Waals surface area contributed by atoms with E-state index in [0.29, 0.717) is 13.0 Å². The van der Waals surface area contributed by atoms with E-state index in [9.17, 15) is 19.5 Å². The quantitative estimate of drug-likeness (QED) is 0.785. The largest absolute Gasteiger partial charge is 0.480 e. The first-order valence-electron chi connectivity index (χ1n) is 9.57. The number of rotatable bonds is 6. The highest BCUT2D eigenvalue weighted by atomic mass is 16.4. The summed E-state index contributed by atoms with van der Waals surface area (Å²) in [6.45, 7) is 0.889. The van der Waals surface area contributed by atoms with E-state index < -0.39 is 12.0 Å². The fraction of sp³-hybridized carbons (Fsp3) is 0.318. The van der Waals surface area contributed by atoms with E-state index in [1.807, 2.05) is 54.6 Å². The Morgan fingerprint density at radius 2 is 1.72 bits per heavy atom. The summed E-state index contributed by atoms with van der Waals surface area (Å²) in [6.07, 6.45) is 0.348. The predicted molar refractivity (Wildman–Crippen MR) is 108 cm³/mol. The minimum absolute atomic E-state index is 0.0524. The van der Waals surface area contributed by atoms with E-state index in [0.717, 1.165) is 16.7 Å². The summed E-state index contributed by atoms with van der Waals surface area (Å²) >= 11 is 0. The number of fused-ring (bicyclic) bond motifs is 1. The Kier molecular flexibility index (Phi) is 6.49. The molecule has 1 heterocycles. The molecule has 0 bridgehead atoms. The van der Waals surface area contributed by atoms with Gasteiger partial charge in [-0.2, -0.15) is 0 Å². The molecule has 1 aliphatic heterocycles. The van der Waals surface area contributed by atoms with Gasteiger partial charge in [0.2, 0.25) is 5.91 Å². The lowest BCUT2D eigenvalue weighted by molar-refractivity contribution is -0.151. The average Bonchev–Trinajstić information content (AvgIpc) is 2.73. The van der Waals surface area contributed by atoms with Crippen molar-refractivity contribution in [1.82, 2.24) is 15.1 Å². The Balaban J connectivity index is 1.53. The maximum atomic E-state index is 12.7. The van der Waals surface area contributed by atoms with Gasteiger partial charge in [0.15, 0.2) is 0 Å². The molecule has 0 saturated carbocycles. The summed E-state index contributed by atoms with van der Waals surface area (Å²) in [4.78, 5) is 39.5. The number of carbonyl (C=O) groups excluding carboxylic acids is 2.